The number of anilines is 2. The fraction of sp³-hybridized carbons (Fsp3) is 0.296. The molecule has 0 radical (unpaired) electrons. The first-order chi connectivity index (χ1) is 17.3. The van der Waals surface area contributed by atoms with E-state index in [2.05, 4.69) is 15.3 Å². The second-order valence-electron chi connectivity index (χ2n) is 9.28. The van der Waals surface area contributed by atoms with Gasteiger partial charge in [-0.3, -0.25) is 19.6 Å². The summed E-state index contributed by atoms with van der Waals surface area (Å²) in [6.45, 7) is 0. The number of fused-ring (bicyclic) bond motifs is 1. The Morgan fingerprint density at radius 1 is 0.861 bits per heavy atom. The predicted octanol–water partition coefficient (Wildman–Crippen LogP) is 3.10. The zero-order valence-corrected chi connectivity index (χ0v) is 20.6. The molecular weight excluding hydrogens is 460 g/mol. The van der Waals surface area contributed by atoms with Crippen LogP contribution in [0.25, 0.3) is 0 Å². The number of methoxy groups -OCH3 is 2. The van der Waals surface area contributed by atoms with E-state index in [0.29, 0.717) is 47.0 Å². The van der Waals surface area contributed by atoms with Gasteiger partial charge in [-0.1, -0.05) is 18.2 Å². The third-order valence-electron chi connectivity index (χ3n) is 6.96. The molecule has 0 fully saturated rings. The number of Topliss-reactive ketones (excluding diaryl/α,β-unsaturated/α-hetero) is 1. The van der Waals surface area contributed by atoms with E-state index in [1.165, 1.54) is 0 Å². The Balaban J connectivity index is 1.62. The SMILES string of the molecule is COc1ccc([C@H]2CC(=O)C3=C(C2)Nc2[nH]c(=O)[nH]c(=O)c2[C@H]3c2ccc(N(C)C)cc2)cc1OC. The molecule has 9 nitrogen and oxygen atoms in total. The molecule has 2 atom stereocenters. The lowest BCUT2D eigenvalue weighted by Crippen LogP contribution is -2.37. The number of hydrogen-bond acceptors (Lipinski definition) is 7. The molecule has 2 heterocycles. The quantitative estimate of drug-likeness (QED) is 0.505. The first kappa shape index (κ1) is 23.5. The molecule has 0 amide bonds. The second-order valence-corrected chi connectivity index (χ2v) is 9.28. The van der Waals surface area contributed by atoms with Gasteiger partial charge in [0.25, 0.3) is 5.56 Å². The average molecular weight is 489 g/mol. The van der Waals surface area contributed by atoms with E-state index in [1.54, 1.807) is 14.2 Å². The Morgan fingerprint density at radius 3 is 2.22 bits per heavy atom. The van der Waals surface area contributed by atoms with Crippen LogP contribution in [-0.2, 0) is 4.79 Å². The minimum absolute atomic E-state index is 0.0403. The molecule has 3 aromatic rings. The van der Waals surface area contributed by atoms with Crippen molar-refractivity contribution in [3.63, 3.8) is 0 Å². The maximum absolute atomic E-state index is 13.7. The van der Waals surface area contributed by atoms with Crippen molar-refractivity contribution in [2.45, 2.75) is 24.7 Å². The van der Waals surface area contributed by atoms with Gasteiger partial charge < -0.3 is 19.7 Å². The number of rotatable bonds is 5. The van der Waals surface area contributed by atoms with Gasteiger partial charge in [0.1, 0.15) is 5.82 Å². The van der Waals surface area contributed by atoms with Gasteiger partial charge in [0.2, 0.25) is 0 Å². The highest BCUT2D eigenvalue weighted by Crippen LogP contribution is 2.47. The Morgan fingerprint density at radius 2 is 1.56 bits per heavy atom. The van der Waals surface area contributed by atoms with Crippen molar-refractivity contribution >= 4 is 17.3 Å². The third-order valence-corrected chi connectivity index (χ3v) is 6.96. The van der Waals surface area contributed by atoms with Gasteiger partial charge in [-0.2, -0.15) is 0 Å². The van der Waals surface area contributed by atoms with E-state index in [1.807, 2.05) is 61.5 Å². The van der Waals surface area contributed by atoms with Crippen LogP contribution < -0.4 is 30.9 Å². The van der Waals surface area contributed by atoms with Crippen molar-refractivity contribution in [1.82, 2.24) is 9.97 Å². The summed E-state index contributed by atoms with van der Waals surface area (Å²) >= 11 is 0. The van der Waals surface area contributed by atoms with Crippen LogP contribution in [0.2, 0.25) is 0 Å². The molecule has 1 aliphatic carbocycles. The number of allylic oxidation sites excluding steroid dienone is 2. The van der Waals surface area contributed by atoms with Crippen LogP contribution in [0.1, 0.15) is 41.4 Å². The molecule has 2 aromatic carbocycles. The minimum atomic E-state index is -0.601. The monoisotopic (exact) mass is 488 g/mol. The molecule has 0 saturated heterocycles. The normalized spacial score (nSPS) is 18.7. The highest BCUT2D eigenvalue weighted by molar-refractivity contribution is 6.01. The molecule has 36 heavy (non-hydrogen) atoms. The van der Waals surface area contributed by atoms with Gasteiger partial charge in [0, 0.05) is 43.4 Å². The summed E-state index contributed by atoms with van der Waals surface area (Å²) in [5.74, 6) is 0.805. The molecule has 186 valence electrons. The molecule has 0 bridgehead atoms. The van der Waals surface area contributed by atoms with Crippen LogP contribution in [0.4, 0.5) is 11.5 Å². The lowest BCUT2D eigenvalue weighted by molar-refractivity contribution is -0.116. The first-order valence-corrected chi connectivity index (χ1v) is 11.7. The summed E-state index contributed by atoms with van der Waals surface area (Å²) in [6, 6.07) is 13.4. The van der Waals surface area contributed by atoms with Crippen LogP contribution in [0.15, 0.2) is 63.3 Å². The van der Waals surface area contributed by atoms with Crippen molar-refractivity contribution < 1.29 is 14.3 Å². The average Bonchev–Trinajstić information content (AvgIpc) is 2.86. The molecule has 2 aliphatic rings. The predicted molar refractivity (Wildman–Crippen MR) is 137 cm³/mol. The van der Waals surface area contributed by atoms with Gasteiger partial charge in [0.05, 0.1) is 19.8 Å². The van der Waals surface area contributed by atoms with Gasteiger partial charge in [-0.25, -0.2) is 4.79 Å². The molecule has 0 saturated carbocycles. The number of aromatic nitrogens is 2. The number of benzene rings is 2. The van der Waals surface area contributed by atoms with Crippen molar-refractivity contribution in [3.8, 4) is 11.5 Å². The van der Waals surface area contributed by atoms with Gasteiger partial charge in [0.15, 0.2) is 17.3 Å². The van der Waals surface area contributed by atoms with E-state index >= 15 is 0 Å². The smallest absolute Gasteiger partial charge is 0.327 e. The van der Waals surface area contributed by atoms with Crippen molar-refractivity contribution in [1.29, 1.82) is 0 Å². The van der Waals surface area contributed by atoms with Crippen molar-refractivity contribution in [3.05, 3.63) is 91.3 Å². The fourth-order valence-electron chi connectivity index (χ4n) is 5.19. The van der Waals surface area contributed by atoms with Gasteiger partial charge in [-0.05, 0) is 47.7 Å². The number of carbonyl (C=O) groups excluding carboxylic acids is 1. The number of ether oxygens (including phenoxy) is 2. The van der Waals surface area contributed by atoms with Gasteiger partial charge >= 0.3 is 5.69 Å². The Bertz CT molecular complexity index is 1480. The van der Waals surface area contributed by atoms with Crippen molar-refractivity contribution in [2.75, 3.05) is 38.5 Å². The number of nitrogens with one attached hydrogen (secondary N) is 3. The Kier molecular flexibility index (Phi) is 5.91. The van der Waals surface area contributed by atoms with Crippen LogP contribution in [0.5, 0.6) is 11.5 Å². The molecular formula is C27H28N4O5. The zero-order chi connectivity index (χ0) is 25.6. The maximum Gasteiger partial charge on any atom is 0.327 e. The largest absolute Gasteiger partial charge is 0.493 e. The molecule has 0 unspecified atom stereocenters. The Labute approximate surface area is 207 Å². The fourth-order valence-corrected chi connectivity index (χ4v) is 5.19. The lowest BCUT2D eigenvalue weighted by Gasteiger charge is -2.35. The van der Waals surface area contributed by atoms with Crippen LogP contribution in [0.3, 0.4) is 0 Å². The van der Waals surface area contributed by atoms with Crippen LogP contribution in [0, 0.1) is 0 Å². The lowest BCUT2D eigenvalue weighted by atomic mass is 9.72. The number of hydrogen-bond donors (Lipinski definition) is 3. The molecule has 9 heteroatoms. The highest BCUT2D eigenvalue weighted by Gasteiger charge is 2.40. The number of carbonyl (C=O) groups is 1. The number of H-pyrrole nitrogens is 2. The molecule has 3 N–H and O–H groups in total. The van der Waals surface area contributed by atoms with E-state index < -0.39 is 17.2 Å². The second kappa shape index (κ2) is 9.07. The van der Waals surface area contributed by atoms with E-state index in [0.717, 1.165) is 16.8 Å². The number of ketones is 1. The van der Waals surface area contributed by atoms with E-state index in [-0.39, 0.29) is 11.7 Å². The highest BCUT2D eigenvalue weighted by atomic mass is 16.5. The summed E-state index contributed by atoms with van der Waals surface area (Å²) in [7, 11) is 7.05. The van der Waals surface area contributed by atoms with Crippen LogP contribution in [-0.4, -0.2) is 44.1 Å². The van der Waals surface area contributed by atoms with E-state index in [4.69, 9.17) is 9.47 Å². The zero-order valence-electron chi connectivity index (χ0n) is 20.6. The van der Waals surface area contributed by atoms with Crippen molar-refractivity contribution in [2.24, 2.45) is 0 Å². The molecule has 1 aromatic heterocycles. The minimum Gasteiger partial charge on any atom is -0.493 e. The summed E-state index contributed by atoms with van der Waals surface area (Å²) in [4.78, 5) is 45.8. The maximum atomic E-state index is 13.7. The first-order valence-electron chi connectivity index (χ1n) is 11.7. The molecule has 1 aliphatic heterocycles. The van der Waals surface area contributed by atoms with E-state index in [9.17, 15) is 14.4 Å². The standard InChI is InChI=1S/C27H28N4O5/c1-31(2)17-8-5-14(6-9-17)22-23-18(28-25-24(22)26(33)30-27(34)29-25)11-16(12-19(23)32)15-7-10-20(35-3)21(13-15)36-4/h5-10,13,16,22H,11-12H2,1-4H3,(H3,28,29,30,33,34)/t16-,22+/m1/s1. The number of nitrogens with zero attached hydrogens (tertiary/aromatic N) is 1. The van der Waals surface area contributed by atoms with Crippen LogP contribution >= 0.6 is 0 Å². The van der Waals surface area contributed by atoms with Gasteiger partial charge in [-0.15, -0.1) is 0 Å². The summed E-state index contributed by atoms with van der Waals surface area (Å²) in [6.07, 6.45) is 0.829. The Hall–Kier alpha value is -4.27. The third kappa shape index (κ3) is 3.96. The summed E-state index contributed by atoms with van der Waals surface area (Å²) in [5, 5.41) is 3.21. The molecule has 5 rings (SSSR count). The summed E-state index contributed by atoms with van der Waals surface area (Å²) < 4.78 is 10.8. The molecule has 0 spiro atoms. The topological polar surface area (TPSA) is 117 Å². The summed E-state index contributed by atoms with van der Waals surface area (Å²) in [5.41, 5.74) is 3.26. The number of aromatic amines is 2.